The SMILES string of the molecule is CC(CCN)CCC(=O)NC1CC1c1ccccc1. The van der Waals surface area contributed by atoms with Crippen LogP contribution in [0.4, 0.5) is 0 Å². The van der Waals surface area contributed by atoms with Gasteiger partial charge < -0.3 is 11.1 Å². The highest BCUT2D eigenvalue weighted by molar-refractivity contribution is 5.76. The van der Waals surface area contributed by atoms with E-state index in [4.69, 9.17) is 5.73 Å². The molecule has 3 N–H and O–H groups in total. The molecule has 0 aliphatic heterocycles. The first kappa shape index (κ1) is 14.1. The van der Waals surface area contributed by atoms with Crippen LogP contribution in [0.25, 0.3) is 0 Å². The largest absolute Gasteiger partial charge is 0.353 e. The van der Waals surface area contributed by atoms with Gasteiger partial charge in [-0.15, -0.1) is 0 Å². The van der Waals surface area contributed by atoms with Crippen molar-refractivity contribution in [2.45, 2.75) is 44.6 Å². The van der Waals surface area contributed by atoms with Crippen LogP contribution in [0.5, 0.6) is 0 Å². The lowest BCUT2D eigenvalue weighted by atomic mass is 10.0. The average molecular weight is 260 g/mol. The van der Waals surface area contributed by atoms with E-state index in [9.17, 15) is 4.79 Å². The summed E-state index contributed by atoms with van der Waals surface area (Å²) in [6.45, 7) is 2.87. The maximum atomic E-state index is 11.8. The van der Waals surface area contributed by atoms with Gasteiger partial charge in [0.05, 0.1) is 0 Å². The molecule has 1 aliphatic rings. The standard InChI is InChI=1S/C16H24N2O/c1-12(9-10-17)7-8-16(19)18-15-11-14(15)13-5-3-2-4-6-13/h2-6,12,14-15H,7-11,17H2,1H3,(H,18,19). The Bertz CT molecular complexity index is 404. The number of nitrogens with two attached hydrogens (primary N) is 1. The first-order chi connectivity index (χ1) is 9.20. The minimum Gasteiger partial charge on any atom is -0.353 e. The number of carbonyl (C=O) groups excluding carboxylic acids is 1. The molecule has 104 valence electrons. The van der Waals surface area contributed by atoms with E-state index >= 15 is 0 Å². The number of rotatable bonds is 7. The monoisotopic (exact) mass is 260 g/mol. The second-order valence-electron chi connectivity index (χ2n) is 5.65. The van der Waals surface area contributed by atoms with Gasteiger partial charge in [-0.2, -0.15) is 0 Å². The minimum absolute atomic E-state index is 0.187. The van der Waals surface area contributed by atoms with Gasteiger partial charge in [0.2, 0.25) is 5.91 Å². The van der Waals surface area contributed by atoms with E-state index < -0.39 is 0 Å². The van der Waals surface area contributed by atoms with Crippen molar-refractivity contribution in [3.63, 3.8) is 0 Å². The zero-order chi connectivity index (χ0) is 13.7. The van der Waals surface area contributed by atoms with Crippen LogP contribution in [0.2, 0.25) is 0 Å². The molecule has 0 radical (unpaired) electrons. The molecule has 3 nitrogen and oxygen atoms in total. The summed E-state index contributed by atoms with van der Waals surface area (Å²) in [5, 5.41) is 3.13. The number of amides is 1. The van der Waals surface area contributed by atoms with Gasteiger partial charge in [0, 0.05) is 18.4 Å². The summed E-state index contributed by atoms with van der Waals surface area (Å²) in [5.74, 6) is 1.25. The third-order valence-corrected chi connectivity index (χ3v) is 3.89. The minimum atomic E-state index is 0.187. The molecular formula is C16H24N2O. The normalized spacial score (nSPS) is 22.8. The maximum absolute atomic E-state index is 11.8. The van der Waals surface area contributed by atoms with Crippen LogP contribution in [0, 0.1) is 5.92 Å². The van der Waals surface area contributed by atoms with Gasteiger partial charge in [-0.1, -0.05) is 37.3 Å². The summed E-state index contributed by atoms with van der Waals surface area (Å²) >= 11 is 0. The second kappa shape index (κ2) is 6.71. The predicted octanol–water partition coefficient (Wildman–Crippen LogP) is 2.42. The molecule has 0 saturated heterocycles. The van der Waals surface area contributed by atoms with Gasteiger partial charge in [-0.05, 0) is 37.3 Å². The highest BCUT2D eigenvalue weighted by atomic mass is 16.1. The molecule has 0 heterocycles. The Morgan fingerprint density at radius 3 is 2.79 bits per heavy atom. The first-order valence-corrected chi connectivity index (χ1v) is 7.25. The molecule has 3 heteroatoms. The zero-order valence-corrected chi connectivity index (χ0v) is 11.6. The summed E-state index contributed by atoms with van der Waals surface area (Å²) in [6.07, 6.45) is 3.64. The molecule has 1 aromatic carbocycles. The highest BCUT2D eigenvalue weighted by Gasteiger charge is 2.39. The molecule has 1 aliphatic carbocycles. The Morgan fingerprint density at radius 1 is 1.37 bits per heavy atom. The van der Waals surface area contributed by atoms with Crippen molar-refractivity contribution in [2.24, 2.45) is 11.7 Å². The first-order valence-electron chi connectivity index (χ1n) is 7.25. The van der Waals surface area contributed by atoms with Crippen molar-refractivity contribution < 1.29 is 4.79 Å². The van der Waals surface area contributed by atoms with E-state index in [2.05, 4.69) is 36.5 Å². The smallest absolute Gasteiger partial charge is 0.220 e. The Hall–Kier alpha value is -1.35. The highest BCUT2D eigenvalue weighted by Crippen LogP contribution is 2.40. The van der Waals surface area contributed by atoms with Crippen molar-refractivity contribution in [1.82, 2.24) is 5.32 Å². The average Bonchev–Trinajstić information content (AvgIpc) is 3.17. The quantitative estimate of drug-likeness (QED) is 0.791. The van der Waals surface area contributed by atoms with Crippen molar-refractivity contribution >= 4 is 5.91 Å². The van der Waals surface area contributed by atoms with Gasteiger partial charge in [0.25, 0.3) is 0 Å². The summed E-state index contributed by atoms with van der Waals surface area (Å²) in [6, 6.07) is 10.8. The van der Waals surface area contributed by atoms with Crippen molar-refractivity contribution in [2.75, 3.05) is 6.54 Å². The summed E-state index contributed by atoms with van der Waals surface area (Å²) < 4.78 is 0. The fraction of sp³-hybridized carbons (Fsp3) is 0.562. The summed E-state index contributed by atoms with van der Waals surface area (Å²) in [5.41, 5.74) is 6.85. The predicted molar refractivity (Wildman–Crippen MR) is 77.8 cm³/mol. The van der Waals surface area contributed by atoms with Crippen LogP contribution < -0.4 is 11.1 Å². The van der Waals surface area contributed by atoms with Crippen LogP contribution in [0.3, 0.4) is 0 Å². The van der Waals surface area contributed by atoms with Gasteiger partial charge in [0.1, 0.15) is 0 Å². The molecule has 0 spiro atoms. The molecule has 0 aromatic heterocycles. The fourth-order valence-electron chi connectivity index (χ4n) is 2.51. The van der Waals surface area contributed by atoms with Crippen LogP contribution in [-0.2, 0) is 4.79 Å². The fourth-order valence-corrected chi connectivity index (χ4v) is 2.51. The lowest BCUT2D eigenvalue weighted by molar-refractivity contribution is -0.121. The molecule has 2 rings (SSSR count). The second-order valence-corrected chi connectivity index (χ2v) is 5.65. The van der Waals surface area contributed by atoms with E-state index in [1.807, 2.05) is 6.07 Å². The Balaban J connectivity index is 1.68. The van der Waals surface area contributed by atoms with Crippen molar-refractivity contribution in [3.05, 3.63) is 35.9 Å². The molecule has 3 atom stereocenters. The lowest BCUT2D eigenvalue weighted by Gasteiger charge is -2.10. The number of benzene rings is 1. The molecule has 19 heavy (non-hydrogen) atoms. The third-order valence-electron chi connectivity index (χ3n) is 3.89. The summed E-state index contributed by atoms with van der Waals surface area (Å²) in [4.78, 5) is 11.8. The molecule has 1 fully saturated rings. The van der Waals surface area contributed by atoms with Crippen LogP contribution in [-0.4, -0.2) is 18.5 Å². The summed E-state index contributed by atoms with van der Waals surface area (Å²) in [7, 11) is 0. The number of hydrogen-bond acceptors (Lipinski definition) is 2. The topological polar surface area (TPSA) is 55.1 Å². The molecular weight excluding hydrogens is 236 g/mol. The van der Waals surface area contributed by atoms with Gasteiger partial charge in [-0.3, -0.25) is 4.79 Å². The van der Waals surface area contributed by atoms with Crippen LogP contribution >= 0.6 is 0 Å². The number of nitrogens with one attached hydrogen (secondary N) is 1. The molecule has 1 saturated carbocycles. The molecule has 1 amide bonds. The Kier molecular flexibility index (Phi) is 4.97. The number of carbonyl (C=O) groups is 1. The van der Waals surface area contributed by atoms with E-state index in [1.54, 1.807) is 0 Å². The van der Waals surface area contributed by atoms with E-state index in [0.717, 1.165) is 19.3 Å². The zero-order valence-electron chi connectivity index (χ0n) is 11.6. The van der Waals surface area contributed by atoms with Crippen molar-refractivity contribution in [3.8, 4) is 0 Å². The van der Waals surface area contributed by atoms with Gasteiger partial charge in [-0.25, -0.2) is 0 Å². The van der Waals surface area contributed by atoms with E-state index in [-0.39, 0.29) is 5.91 Å². The molecule has 1 aromatic rings. The maximum Gasteiger partial charge on any atom is 0.220 e. The van der Waals surface area contributed by atoms with Gasteiger partial charge in [0.15, 0.2) is 0 Å². The van der Waals surface area contributed by atoms with Gasteiger partial charge >= 0.3 is 0 Å². The van der Waals surface area contributed by atoms with Crippen LogP contribution in [0.15, 0.2) is 30.3 Å². The lowest BCUT2D eigenvalue weighted by Crippen LogP contribution is -2.26. The number of hydrogen-bond donors (Lipinski definition) is 2. The Labute approximate surface area is 115 Å². The van der Waals surface area contributed by atoms with E-state index in [1.165, 1.54) is 5.56 Å². The van der Waals surface area contributed by atoms with Crippen LogP contribution in [0.1, 0.15) is 44.1 Å². The molecule has 3 unspecified atom stereocenters. The Morgan fingerprint density at radius 2 is 2.11 bits per heavy atom. The van der Waals surface area contributed by atoms with E-state index in [0.29, 0.717) is 30.8 Å². The third kappa shape index (κ3) is 4.35. The van der Waals surface area contributed by atoms with Crippen molar-refractivity contribution in [1.29, 1.82) is 0 Å². The molecule has 0 bridgehead atoms.